The molecule has 1 N–H and O–H groups in total. The second kappa shape index (κ2) is 8.72. The summed E-state index contributed by atoms with van der Waals surface area (Å²) in [5.41, 5.74) is 1.24. The molecule has 0 radical (unpaired) electrons. The van der Waals surface area contributed by atoms with Crippen LogP contribution in [0.25, 0.3) is 0 Å². The third-order valence-electron chi connectivity index (χ3n) is 3.58. The molecule has 5 heteroatoms. The fourth-order valence-electron chi connectivity index (χ4n) is 2.50. The molecule has 0 spiro atoms. The first-order valence-corrected chi connectivity index (χ1v) is 7.92. The number of nitrogens with zero attached hydrogens (tertiary/aromatic N) is 2. The van der Waals surface area contributed by atoms with Gasteiger partial charge in [0.1, 0.15) is 0 Å². The molecule has 4 nitrogen and oxygen atoms in total. The minimum Gasteiger partial charge on any atom is -0.383 e. The Hall–Kier alpha value is -0.390. The van der Waals surface area contributed by atoms with E-state index in [0.29, 0.717) is 18.6 Å². The average molecular weight is 332 g/mol. The van der Waals surface area contributed by atoms with E-state index in [1.165, 1.54) is 5.69 Å². The second-order valence-corrected chi connectivity index (χ2v) is 5.56. The topological polar surface area (TPSA) is 39.1 Å². The zero-order valence-electron chi connectivity index (χ0n) is 12.4. The maximum Gasteiger partial charge on any atom is 0.0699 e. The minimum absolute atomic E-state index is 0.341. The Bertz CT molecular complexity index is 364. The molecule has 0 aliphatic rings. The smallest absolute Gasteiger partial charge is 0.0699 e. The fraction of sp³-hybridized carbons (Fsp3) is 0.786. The van der Waals surface area contributed by atoms with Gasteiger partial charge in [0.05, 0.1) is 35.6 Å². The van der Waals surface area contributed by atoms with Crippen molar-refractivity contribution in [2.45, 2.75) is 46.2 Å². The van der Waals surface area contributed by atoms with Crippen molar-refractivity contribution >= 4 is 15.9 Å². The molecule has 110 valence electrons. The summed E-state index contributed by atoms with van der Waals surface area (Å²) in [5.74, 6) is 0.620. The van der Waals surface area contributed by atoms with E-state index in [2.05, 4.69) is 51.8 Å². The van der Waals surface area contributed by atoms with Gasteiger partial charge in [0.25, 0.3) is 0 Å². The highest BCUT2D eigenvalue weighted by Gasteiger charge is 2.25. The molecule has 1 unspecified atom stereocenters. The molecule has 0 fully saturated rings. The number of halogens is 1. The van der Waals surface area contributed by atoms with Gasteiger partial charge in [-0.25, -0.2) is 0 Å². The standard InChI is InChI=1S/C14H26BrN3O/c1-5-11(6-2)13(16-7-3)14-12(15)10-17-18(14)8-9-19-4/h10-11,13,16H,5-9H2,1-4H3. The summed E-state index contributed by atoms with van der Waals surface area (Å²) in [6.45, 7) is 9.09. The zero-order chi connectivity index (χ0) is 14.3. The summed E-state index contributed by atoms with van der Waals surface area (Å²) in [6, 6.07) is 0.341. The first kappa shape index (κ1) is 16.7. The van der Waals surface area contributed by atoms with E-state index in [4.69, 9.17) is 4.74 Å². The molecule has 1 aromatic rings. The van der Waals surface area contributed by atoms with Crippen LogP contribution in [-0.2, 0) is 11.3 Å². The van der Waals surface area contributed by atoms with Crippen molar-refractivity contribution in [1.29, 1.82) is 0 Å². The normalized spacial score (nSPS) is 13.2. The molecule has 0 bridgehead atoms. The Morgan fingerprint density at radius 3 is 2.58 bits per heavy atom. The van der Waals surface area contributed by atoms with Crippen LogP contribution < -0.4 is 5.32 Å². The van der Waals surface area contributed by atoms with Gasteiger partial charge in [-0.1, -0.05) is 33.6 Å². The third-order valence-corrected chi connectivity index (χ3v) is 4.19. The molecule has 19 heavy (non-hydrogen) atoms. The molecule has 1 aromatic heterocycles. The monoisotopic (exact) mass is 331 g/mol. The third kappa shape index (κ3) is 4.29. The van der Waals surface area contributed by atoms with Gasteiger partial charge in [-0.15, -0.1) is 0 Å². The van der Waals surface area contributed by atoms with Crippen molar-refractivity contribution in [2.24, 2.45) is 5.92 Å². The number of hydrogen-bond donors (Lipinski definition) is 1. The van der Waals surface area contributed by atoms with E-state index < -0.39 is 0 Å². The van der Waals surface area contributed by atoms with Crippen LogP contribution in [0.3, 0.4) is 0 Å². The molecule has 0 saturated heterocycles. The van der Waals surface area contributed by atoms with Gasteiger partial charge in [-0.2, -0.15) is 5.10 Å². The highest BCUT2D eigenvalue weighted by molar-refractivity contribution is 9.10. The van der Waals surface area contributed by atoms with Crippen molar-refractivity contribution in [3.63, 3.8) is 0 Å². The Kier molecular flexibility index (Phi) is 7.64. The Morgan fingerprint density at radius 2 is 2.05 bits per heavy atom. The largest absolute Gasteiger partial charge is 0.383 e. The molecule has 1 heterocycles. The molecule has 0 aromatic carbocycles. The van der Waals surface area contributed by atoms with Gasteiger partial charge >= 0.3 is 0 Å². The van der Waals surface area contributed by atoms with Gasteiger partial charge in [0.15, 0.2) is 0 Å². The maximum absolute atomic E-state index is 5.17. The first-order valence-electron chi connectivity index (χ1n) is 7.12. The average Bonchev–Trinajstić information content (AvgIpc) is 2.77. The zero-order valence-corrected chi connectivity index (χ0v) is 14.0. The van der Waals surface area contributed by atoms with E-state index in [1.807, 2.05) is 6.20 Å². The molecule has 1 rings (SSSR count). The Labute approximate surface area is 125 Å². The summed E-state index contributed by atoms with van der Waals surface area (Å²) < 4.78 is 8.31. The van der Waals surface area contributed by atoms with Crippen LogP contribution in [0.4, 0.5) is 0 Å². The van der Waals surface area contributed by atoms with Crippen LogP contribution >= 0.6 is 15.9 Å². The number of hydrogen-bond acceptors (Lipinski definition) is 3. The molecule has 0 aliphatic carbocycles. The Balaban J connectivity index is 3.02. The van der Waals surface area contributed by atoms with Gasteiger partial charge in [-0.3, -0.25) is 4.68 Å². The van der Waals surface area contributed by atoms with E-state index in [0.717, 1.165) is 30.4 Å². The lowest BCUT2D eigenvalue weighted by Gasteiger charge is -2.27. The van der Waals surface area contributed by atoms with Gasteiger partial charge < -0.3 is 10.1 Å². The lowest BCUT2D eigenvalue weighted by molar-refractivity contribution is 0.180. The van der Waals surface area contributed by atoms with Gasteiger partial charge in [-0.05, 0) is 28.4 Å². The van der Waals surface area contributed by atoms with Crippen LogP contribution in [0.1, 0.15) is 45.3 Å². The van der Waals surface area contributed by atoms with Crippen molar-refractivity contribution < 1.29 is 4.74 Å². The molecular weight excluding hydrogens is 306 g/mol. The van der Waals surface area contributed by atoms with Crippen molar-refractivity contribution in [3.8, 4) is 0 Å². The van der Waals surface area contributed by atoms with Crippen LogP contribution in [-0.4, -0.2) is 30.0 Å². The highest BCUT2D eigenvalue weighted by atomic mass is 79.9. The van der Waals surface area contributed by atoms with E-state index >= 15 is 0 Å². The number of rotatable bonds is 9. The molecule has 1 atom stereocenters. The molecule has 0 saturated carbocycles. The lowest BCUT2D eigenvalue weighted by atomic mass is 9.91. The first-order chi connectivity index (χ1) is 9.19. The summed E-state index contributed by atoms with van der Waals surface area (Å²) in [4.78, 5) is 0. The number of ether oxygens (including phenoxy) is 1. The molecular formula is C14H26BrN3O. The maximum atomic E-state index is 5.17. The predicted molar refractivity (Wildman–Crippen MR) is 82.3 cm³/mol. The summed E-state index contributed by atoms with van der Waals surface area (Å²) in [5, 5.41) is 8.07. The van der Waals surface area contributed by atoms with Crippen LogP contribution in [0.2, 0.25) is 0 Å². The van der Waals surface area contributed by atoms with E-state index in [1.54, 1.807) is 7.11 Å². The minimum atomic E-state index is 0.341. The number of aromatic nitrogens is 2. The molecule has 0 aliphatic heterocycles. The lowest BCUT2D eigenvalue weighted by Crippen LogP contribution is -2.30. The van der Waals surface area contributed by atoms with Crippen molar-refractivity contribution in [2.75, 3.05) is 20.3 Å². The summed E-state index contributed by atoms with van der Waals surface area (Å²) >= 11 is 3.64. The SMILES string of the molecule is CCNC(c1c(Br)cnn1CCOC)C(CC)CC. The number of methoxy groups -OCH3 is 1. The summed E-state index contributed by atoms with van der Waals surface area (Å²) in [7, 11) is 1.72. The fourth-order valence-corrected chi connectivity index (χ4v) is 3.05. The predicted octanol–water partition coefficient (Wildman–Crippen LogP) is 3.38. The van der Waals surface area contributed by atoms with Crippen LogP contribution in [0.5, 0.6) is 0 Å². The Morgan fingerprint density at radius 1 is 1.37 bits per heavy atom. The van der Waals surface area contributed by atoms with Gasteiger partial charge in [0.2, 0.25) is 0 Å². The van der Waals surface area contributed by atoms with E-state index in [-0.39, 0.29) is 0 Å². The van der Waals surface area contributed by atoms with Crippen molar-refractivity contribution in [1.82, 2.24) is 15.1 Å². The quantitative estimate of drug-likeness (QED) is 0.753. The second-order valence-electron chi connectivity index (χ2n) is 4.71. The van der Waals surface area contributed by atoms with Crippen LogP contribution in [0.15, 0.2) is 10.7 Å². The van der Waals surface area contributed by atoms with E-state index in [9.17, 15) is 0 Å². The highest BCUT2D eigenvalue weighted by Crippen LogP contribution is 2.32. The van der Waals surface area contributed by atoms with Crippen molar-refractivity contribution in [3.05, 3.63) is 16.4 Å². The number of nitrogens with one attached hydrogen (secondary N) is 1. The van der Waals surface area contributed by atoms with Gasteiger partial charge in [0, 0.05) is 7.11 Å². The molecule has 0 amide bonds. The summed E-state index contributed by atoms with van der Waals surface area (Å²) in [6.07, 6.45) is 4.21. The van der Waals surface area contributed by atoms with Crippen LogP contribution in [0, 0.1) is 5.92 Å².